The molecule has 2 aromatic rings. The van der Waals surface area contributed by atoms with Gasteiger partial charge in [-0.05, 0) is 36.3 Å². The van der Waals surface area contributed by atoms with Crippen molar-refractivity contribution in [2.75, 3.05) is 0 Å². The molecule has 0 aliphatic heterocycles. The van der Waals surface area contributed by atoms with Crippen LogP contribution in [0.3, 0.4) is 0 Å². The second kappa shape index (κ2) is 5.44. The first-order valence-electron chi connectivity index (χ1n) is 5.20. The molecule has 0 saturated heterocycles. The molecule has 1 aromatic carbocycles. The minimum atomic E-state index is -0.117. The summed E-state index contributed by atoms with van der Waals surface area (Å²) < 4.78 is 2.33. The van der Waals surface area contributed by atoms with Crippen molar-refractivity contribution in [2.45, 2.75) is 19.6 Å². The second-order valence-corrected chi connectivity index (χ2v) is 4.45. The highest BCUT2D eigenvalue weighted by Crippen LogP contribution is 2.11. The maximum Gasteiger partial charge on any atom is 0.195 e. The molecule has 1 heterocycles. The van der Waals surface area contributed by atoms with Gasteiger partial charge in [-0.25, -0.2) is 0 Å². The molecule has 0 bridgehead atoms. The van der Waals surface area contributed by atoms with E-state index >= 15 is 0 Å². The van der Waals surface area contributed by atoms with Gasteiger partial charge in [0.25, 0.3) is 0 Å². The lowest BCUT2D eigenvalue weighted by molar-refractivity contribution is 0.264. The molecule has 0 amide bonds. The smallest absolute Gasteiger partial charge is 0.195 e. The van der Waals surface area contributed by atoms with E-state index in [1.54, 1.807) is 4.57 Å². The number of aromatic amines is 1. The quantitative estimate of drug-likeness (QED) is 0.838. The van der Waals surface area contributed by atoms with Gasteiger partial charge in [0.1, 0.15) is 6.61 Å². The van der Waals surface area contributed by atoms with Gasteiger partial charge in [0.05, 0.1) is 0 Å². The van der Waals surface area contributed by atoms with Crippen LogP contribution in [-0.4, -0.2) is 19.9 Å². The van der Waals surface area contributed by atoms with Crippen molar-refractivity contribution in [3.05, 3.63) is 45.4 Å². The fourth-order valence-electron chi connectivity index (χ4n) is 1.59. The van der Waals surface area contributed by atoms with Gasteiger partial charge in [0.2, 0.25) is 0 Å². The van der Waals surface area contributed by atoms with Gasteiger partial charge in [0, 0.05) is 11.6 Å². The highest BCUT2D eigenvalue weighted by Gasteiger charge is 2.04. The Morgan fingerprint density at radius 3 is 2.71 bits per heavy atom. The van der Waals surface area contributed by atoms with Gasteiger partial charge in [-0.3, -0.25) is 5.10 Å². The number of nitrogens with one attached hydrogen (secondary N) is 1. The third-order valence-electron chi connectivity index (χ3n) is 2.52. The summed E-state index contributed by atoms with van der Waals surface area (Å²) in [7, 11) is 0. The average molecular weight is 270 g/mol. The topological polar surface area (TPSA) is 53.8 Å². The van der Waals surface area contributed by atoms with Crippen molar-refractivity contribution >= 4 is 23.8 Å². The number of hydrogen-bond acceptors (Lipinski definition) is 3. The number of hydrogen-bond donors (Lipinski definition) is 2. The number of aryl methyl sites for hydroxylation is 1. The molecule has 4 nitrogen and oxygen atoms in total. The van der Waals surface area contributed by atoms with E-state index in [-0.39, 0.29) is 6.61 Å². The molecular weight excluding hydrogens is 258 g/mol. The first-order valence-corrected chi connectivity index (χ1v) is 5.98. The predicted molar refractivity (Wildman–Crippen MR) is 68.5 cm³/mol. The maximum absolute atomic E-state index is 9.10. The van der Waals surface area contributed by atoms with Crippen LogP contribution >= 0.6 is 23.8 Å². The van der Waals surface area contributed by atoms with E-state index < -0.39 is 0 Å². The molecule has 0 aliphatic carbocycles. The number of H-pyrrole nitrogens is 1. The Morgan fingerprint density at radius 1 is 1.35 bits per heavy atom. The van der Waals surface area contributed by atoms with Crippen LogP contribution in [0.4, 0.5) is 0 Å². The Morgan fingerprint density at radius 2 is 2.06 bits per heavy atom. The van der Waals surface area contributed by atoms with Crippen LogP contribution in [0.1, 0.15) is 11.4 Å². The number of aliphatic hydroxyl groups is 1. The van der Waals surface area contributed by atoms with Gasteiger partial charge in [-0.1, -0.05) is 23.7 Å². The first kappa shape index (κ1) is 12.3. The Bertz CT molecular complexity index is 547. The van der Waals surface area contributed by atoms with E-state index in [1.165, 1.54) is 5.56 Å². The summed E-state index contributed by atoms with van der Waals surface area (Å²) >= 11 is 10.9. The number of rotatable bonds is 4. The van der Waals surface area contributed by atoms with Gasteiger partial charge in [-0.15, -0.1) is 0 Å². The maximum atomic E-state index is 9.10. The van der Waals surface area contributed by atoms with Crippen LogP contribution in [0.2, 0.25) is 5.02 Å². The van der Waals surface area contributed by atoms with Crippen molar-refractivity contribution in [3.63, 3.8) is 0 Å². The average Bonchev–Trinajstić information content (AvgIpc) is 2.69. The fraction of sp³-hybridized carbons (Fsp3) is 0.273. The molecule has 2 N–H and O–H groups in total. The molecule has 0 spiro atoms. The number of nitrogens with zero attached hydrogens (tertiary/aromatic N) is 2. The van der Waals surface area contributed by atoms with E-state index in [1.807, 2.05) is 24.3 Å². The summed E-state index contributed by atoms with van der Waals surface area (Å²) in [5, 5.41) is 16.4. The Hall–Kier alpha value is -1.17. The zero-order valence-corrected chi connectivity index (χ0v) is 10.6. The zero-order valence-electron chi connectivity index (χ0n) is 9.06. The Balaban J connectivity index is 2.09. The largest absolute Gasteiger partial charge is 0.388 e. The van der Waals surface area contributed by atoms with Crippen LogP contribution < -0.4 is 0 Å². The fourth-order valence-corrected chi connectivity index (χ4v) is 1.96. The minimum Gasteiger partial charge on any atom is -0.388 e. The molecule has 0 fully saturated rings. The third-order valence-corrected chi connectivity index (χ3v) is 3.08. The molecule has 0 unspecified atom stereocenters. The van der Waals surface area contributed by atoms with Gasteiger partial charge < -0.3 is 9.67 Å². The number of halogens is 1. The first-order chi connectivity index (χ1) is 8.20. The molecule has 17 heavy (non-hydrogen) atoms. The summed E-state index contributed by atoms with van der Waals surface area (Å²) in [5.41, 5.74) is 1.17. The monoisotopic (exact) mass is 269 g/mol. The van der Waals surface area contributed by atoms with E-state index in [0.717, 1.165) is 11.4 Å². The lowest BCUT2D eigenvalue weighted by atomic mass is 10.1. The van der Waals surface area contributed by atoms with Crippen molar-refractivity contribution < 1.29 is 5.11 Å². The van der Waals surface area contributed by atoms with E-state index in [2.05, 4.69) is 10.2 Å². The molecule has 0 atom stereocenters. The molecule has 0 saturated carbocycles. The molecule has 90 valence electrons. The molecule has 0 radical (unpaired) electrons. The predicted octanol–water partition coefficient (Wildman–Crippen LogP) is 2.33. The highest BCUT2D eigenvalue weighted by atomic mass is 35.5. The van der Waals surface area contributed by atoms with Gasteiger partial charge >= 0.3 is 0 Å². The Kier molecular flexibility index (Phi) is 3.93. The van der Waals surface area contributed by atoms with Crippen LogP contribution in [0.25, 0.3) is 0 Å². The molecule has 0 aliphatic rings. The van der Waals surface area contributed by atoms with Crippen molar-refractivity contribution in [3.8, 4) is 0 Å². The summed E-state index contributed by atoms with van der Waals surface area (Å²) in [5.74, 6) is 0.559. The number of aliphatic hydroxyl groups excluding tert-OH is 1. The summed E-state index contributed by atoms with van der Waals surface area (Å²) in [6, 6.07) is 7.67. The summed E-state index contributed by atoms with van der Waals surface area (Å²) in [6.07, 6.45) is 0.817. The summed E-state index contributed by atoms with van der Waals surface area (Å²) in [4.78, 5) is 0. The van der Waals surface area contributed by atoms with Crippen LogP contribution in [0.5, 0.6) is 0 Å². The van der Waals surface area contributed by atoms with E-state index in [0.29, 0.717) is 17.1 Å². The lowest BCUT2D eigenvalue weighted by Gasteiger charge is -2.05. The zero-order chi connectivity index (χ0) is 12.3. The number of benzene rings is 1. The SMILES string of the molecule is OCc1n[nH]c(=S)n1CCc1ccc(Cl)cc1. The number of aromatic nitrogens is 3. The molecule has 2 rings (SSSR count). The van der Waals surface area contributed by atoms with Gasteiger partial charge in [-0.2, -0.15) is 5.10 Å². The van der Waals surface area contributed by atoms with Gasteiger partial charge in [0.15, 0.2) is 10.6 Å². The van der Waals surface area contributed by atoms with E-state index in [4.69, 9.17) is 28.9 Å². The minimum absolute atomic E-state index is 0.117. The molecule has 1 aromatic heterocycles. The van der Waals surface area contributed by atoms with Crippen LogP contribution in [0.15, 0.2) is 24.3 Å². The van der Waals surface area contributed by atoms with Crippen LogP contribution in [-0.2, 0) is 19.6 Å². The normalized spacial score (nSPS) is 10.7. The van der Waals surface area contributed by atoms with Crippen LogP contribution in [0, 0.1) is 4.77 Å². The lowest BCUT2D eigenvalue weighted by Crippen LogP contribution is -2.06. The highest BCUT2D eigenvalue weighted by molar-refractivity contribution is 7.71. The third kappa shape index (κ3) is 2.94. The summed E-state index contributed by atoms with van der Waals surface area (Å²) in [6.45, 7) is 0.570. The molecule has 6 heteroatoms. The van der Waals surface area contributed by atoms with Crippen molar-refractivity contribution in [1.29, 1.82) is 0 Å². The standard InChI is InChI=1S/C11H12ClN3OS/c12-9-3-1-8(2-4-9)5-6-15-10(7-16)13-14-11(15)17/h1-4,16H,5-7H2,(H,14,17). The molecular formula is C11H12ClN3OS. The van der Waals surface area contributed by atoms with E-state index in [9.17, 15) is 0 Å². The van der Waals surface area contributed by atoms with Crippen molar-refractivity contribution in [1.82, 2.24) is 14.8 Å². The van der Waals surface area contributed by atoms with Crippen molar-refractivity contribution in [2.24, 2.45) is 0 Å². The Labute approximate surface area is 109 Å². The second-order valence-electron chi connectivity index (χ2n) is 3.63.